The molecule has 0 radical (unpaired) electrons. The van der Waals surface area contributed by atoms with E-state index in [2.05, 4.69) is 61.1 Å². The van der Waals surface area contributed by atoms with Gasteiger partial charge in [-0.1, -0.05) is 19.9 Å². The number of benzene rings is 1. The highest BCUT2D eigenvalue weighted by molar-refractivity contribution is 5.48. The summed E-state index contributed by atoms with van der Waals surface area (Å²) in [5.41, 5.74) is 2.39. The second kappa shape index (κ2) is 7.04. The molecule has 3 heteroatoms. The molecular formula is C17H24N2O. The third-order valence-electron chi connectivity index (χ3n) is 3.16. The van der Waals surface area contributed by atoms with Gasteiger partial charge in [0.1, 0.15) is 5.75 Å². The van der Waals surface area contributed by atoms with Gasteiger partial charge in [-0.15, -0.1) is 0 Å². The van der Waals surface area contributed by atoms with Gasteiger partial charge in [-0.25, -0.2) is 0 Å². The Labute approximate surface area is 121 Å². The molecule has 108 valence electrons. The Morgan fingerprint density at radius 3 is 2.80 bits per heavy atom. The maximum Gasteiger partial charge on any atom is 0.121 e. The normalized spacial score (nSPS) is 10.8. The number of anilines is 1. The molecule has 0 unspecified atom stereocenters. The van der Waals surface area contributed by atoms with Crippen LogP contribution in [-0.2, 0) is 13.1 Å². The molecule has 1 aromatic heterocycles. The van der Waals surface area contributed by atoms with Crippen LogP contribution in [0, 0.1) is 5.92 Å². The highest BCUT2D eigenvalue weighted by Crippen LogP contribution is 2.18. The Morgan fingerprint density at radius 2 is 2.05 bits per heavy atom. The number of aryl methyl sites for hydroxylation is 1. The highest BCUT2D eigenvalue weighted by Gasteiger charge is 2.01. The van der Waals surface area contributed by atoms with Crippen molar-refractivity contribution in [1.82, 2.24) is 4.57 Å². The lowest BCUT2D eigenvalue weighted by atomic mass is 10.2. The van der Waals surface area contributed by atoms with Gasteiger partial charge in [0.25, 0.3) is 0 Å². The number of aromatic nitrogens is 1. The van der Waals surface area contributed by atoms with Crippen LogP contribution in [0.2, 0.25) is 0 Å². The first kappa shape index (κ1) is 14.5. The van der Waals surface area contributed by atoms with Crippen molar-refractivity contribution in [3.63, 3.8) is 0 Å². The molecule has 1 heterocycles. The van der Waals surface area contributed by atoms with Crippen molar-refractivity contribution in [3.05, 3.63) is 48.3 Å². The standard InChI is InChI=1S/C17H24N2O/c1-4-19-10-6-8-16(19)12-18-15-7-5-9-17(11-15)20-13-14(2)3/h5-11,14,18H,4,12-13H2,1-3H3. The first-order chi connectivity index (χ1) is 9.69. The van der Waals surface area contributed by atoms with Crippen molar-refractivity contribution in [3.8, 4) is 5.75 Å². The Morgan fingerprint density at radius 1 is 1.20 bits per heavy atom. The van der Waals surface area contributed by atoms with E-state index in [-0.39, 0.29) is 0 Å². The minimum atomic E-state index is 0.541. The van der Waals surface area contributed by atoms with Gasteiger partial charge >= 0.3 is 0 Å². The van der Waals surface area contributed by atoms with Crippen LogP contribution in [0.3, 0.4) is 0 Å². The number of hydrogen-bond acceptors (Lipinski definition) is 2. The summed E-state index contributed by atoms with van der Waals surface area (Å²) in [6.45, 7) is 9.05. The molecule has 1 aromatic carbocycles. The fourth-order valence-corrected chi connectivity index (χ4v) is 2.07. The van der Waals surface area contributed by atoms with E-state index in [1.165, 1.54) is 5.69 Å². The van der Waals surface area contributed by atoms with Gasteiger partial charge < -0.3 is 14.6 Å². The summed E-state index contributed by atoms with van der Waals surface area (Å²) in [5.74, 6) is 1.47. The molecule has 3 nitrogen and oxygen atoms in total. The number of nitrogens with zero attached hydrogens (tertiary/aromatic N) is 1. The van der Waals surface area contributed by atoms with Crippen molar-refractivity contribution in [2.45, 2.75) is 33.9 Å². The SMILES string of the molecule is CCn1cccc1CNc1cccc(OCC(C)C)c1. The maximum absolute atomic E-state index is 5.74. The minimum Gasteiger partial charge on any atom is -0.493 e. The van der Waals surface area contributed by atoms with E-state index in [9.17, 15) is 0 Å². The molecule has 0 saturated heterocycles. The van der Waals surface area contributed by atoms with E-state index in [1.807, 2.05) is 12.1 Å². The Hall–Kier alpha value is -1.90. The third kappa shape index (κ3) is 4.05. The van der Waals surface area contributed by atoms with Gasteiger partial charge in [-0.05, 0) is 37.1 Å². The zero-order valence-electron chi connectivity index (χ0n) is 12.6. The van der Waals surface area contributed by atoms with E-state index < -0.39 is 0 Å². The smallest absolute Gasteiger partial charge is 0.121 e. The first-order valence-corrected chi connectivity index (χ1v) is 7.29. The van der Waals surface area contributed by atoms with E-state index in [0.29, 0.717) is 5.92 Å². The van der Waals surface area contributed by atoms with Crippen LogP contribution in [-0.4, -0.2) is 11.2 Å². The van der Waals surface area contributed by atoms with Crippen LogP contribution < -0.4 is 10.1 Å². The predicted molar refractivity (Wildman–Crippen MR) is 84.2 cm³/mol. The molecule has 0 bridgehead atoms. The number of rotatable bonds is 7. The molecule has 0 amide bonds. The summed E-state index contributed by atoms with van der Waals surface area (Å²) >= 11 is 0. The lowest BCUT2D eigenvalue weighted by Gasteiger charge is -2.12. The predicted octanol–water partition coefficient (Wildman–Crippen LogP) is 4.15. The largest absolute Gasteiger partial charge is 0.493 e. The van der Waals surface area contributed by atoms with Crippen LogP contribution in [0.1, 0.15) is 26.5 Å². The molecule has 0 fully saturated rings. The maximum atomic E-state index is 5.74. The second-order valence-corrected chi connectivity index (χ2v) is 5.37. The van der Waals surface area contributed by atoms with Gasteiger partial charge in [-0.2, -0.15) is 0 Å². The van der Waals surface area contributed by atoms with Crippen molar-refractivity contribution in [2.24, 2.45) is 5.92 Å². The van der Waals surface area contributed by atoms with Gasteiger partial charge in [0, 0.05) is 30.2 Å². The lowest BCUT2D eigenvalue weighted by Crippen LogP contribution is -2.07. The number of ether oxygens (including phenoxy) is 1. The second-order valence-electron chi connectivity index (χ2n) is 5.37. The van der Waals surface area contributed by atoms with Crippen molar-refractivity contribution < 1.29 is 4.74 Å². The molecule has 0 spiro atoms. The zero-order chi connectivity index (χ0) is 14.4. The van der Waals surface area contributed by atoms with Crippen LogP contribution >= 0.6 is 0 Å². The van der Waals surface area contributed by atoms with Crippen LogP contribution in [0.25, 0.3) is 0 Å². The molecule has 0 aliphatic carbocycles. The van der Waals surface area contributed by atoms with Gasteiger partial charge in [-0.3, -0.25) is 0 Å². The third-order valence-corrected chi connectivity index (χ3v) is 3.16. The van der Waals surface area contributed by atoms with E-state index in [4.69, 9.17) is 4.74 Å². The molecule has 0 aliphatic heterocycles. The fraction of sp³-hybridized carbons (Fsp3) is 0.412. The summed E-state index contributed by atoms with van der Waals surface area (Å²) in [4.78, 5) is 0. The Bertz CT molecular complexity index is 531. The van der Waals surface area contributed by atoms with E-state index >= 15 is 0 Å². The Balaban J connectivity index is 1.94. The average molecular weight is 272 g/mol. The first-order valence-electron chi connectivity index (χ1n) is 7.29. The molecule has 0 aliphatic rings. The molecule has 0 saturated carbocycles. The molecular weight excluding hydrogens is 248 g/mol. The summed E-state index contributed by atoms with van der Waals surface area (Å²) in [7, 11) is 0. The summed E-state index contributed by atoms with van der Waals surface area (Å²) in [5, 5.41) is 3.45. The molecule has 2 rings (SSSR count). The fourth-order valence-electron chi connectivity index (χ4n) is 2.07. The van der Waals surface area contributed by atoms with Crippen LogP contribution in [0.5, 0.6) is 5.75 Å². The zero-order valence-corrected chi connectivity index (χ0v) is 12.6. The van der Waals surface area contributed by atoms with E-state index in [1.54, 1.807) is 0 Å². The minimum absolute atomic E-state index is 0.541. The molecule has 2 aromatic rings. The Kier molecular flexibility index (Phi) is 5.10. The summed E-state index contributed by atoms with van der Waals surface area (Å²) < 4.78 is 7.99. The van der Waals surface area contributed by atoms with Crippen molar-refractivity contribution in [2.75, 3.05) is 11.9 Å². The quantitative estimate of drug-likeness (QED) is 0.819. The van der Waals surface area contributed by atoms with Gasteiger partial charge in [0.05, 0.1) is 13.2 Å². The molecule has 20 heavy (non-hydrogen) atoms. The average Bonchev–Trinajstić information content (AvgIpc) is 2.91. The molecule has 1 N–H and O–H groups in total. The van der Waals surface area contributed by atoms with E-state index in [0.717, 1.165) is 31.1 Å². The monoisotopic (exact) mass is 272 g/mol. The lowest BCUT2D eigenvalue weighted by molar-refractivity contribution is 0.271. The number of nitrogens with one attached hydrogen (secondary N) is 1. The topological polar surface area (TPSA) is 26.2 Å². The van der Waals surface area contributed by atoms with Crippen molar-refractivity contribution in [1.29, 1.82) is 0 Å². The van der Waals surface area contributed by atoms with Crippen LogP contribution in [0.4, 0.5) is 5.69 Å². The van der Waals surface area contributed by atoms with Gasteiger partial charge in [0.2, 0.25) is 0 Å². The highest BCUT2D eigenvalue weighted by atomic mass is 16.5. The summed E-state index contributed by atoms with van der Waals surface area (Å²) in [6.07, 6.45) is 2.11. The van der Waals surface area contributed by atoms with Crippen LogP contribution in [0.15, 0.2) is 42.6 Å². The molecule has 0 atom stereocenters. The van der Waals surface area contributed by atoms with Crippen molar-refractivity contribution >= 4 is 5.69 Å². The summed E-state index contributed by atoms with van der Waals surface area (Å²) in [6, 6.07) is 12.4. The number of hydrogen-bond donors (Lipinski definition) is 1. The van der Waals surface area contributed by atoms with Gasteiger partial charge in [0.15, 0.2) is 0 Å².